The van der Waals surface area contributed by atoms with Crippen molar-refractivity contribution in [3.63, 3.8) is 0 Å². The van der Waals surface area contributed by atoms with Gasteiger partial charge in [0.2, 0.25) is 6.79 Å². The van der Waals surface area contributed by atoms with Crippen LogP contribution in [0.1, 0.15) is 29.7 Å². The second-order valence-electron chi connectivity index (χ2n) is 7.46. The van der Waals surface area contributed by atoms with E-state index < -0.39 is 5.41 Å². The molecule has 2 aliphatic rings. The van der Waals surface area contributed by atoms with Crippen molar-refractivity contribution in [1.82, 2.24) is 4.98 Å². The largest absolute Gasteiger partial charge is 0.454 e. The molecule has 0 N–H and O–H groups in total. The molecule has 1 aliphatic carbocycles. The van der Waals surface area contributed by atoms with Gasteiger partial charge >= 0.3 is 0 Å². The molecular weight excluding hydrogens is 364 g/mol. The van der Waals surface area contributed by atoms with Gasteiger partial charge in [0.25, 0.3) is 0 Å². The first-order valence-corrected chi connectivity index (χ1v) is 9.58. The average Bonchev–Trinajstić information content (AvgIpc) is 3.45. The first-order valence-electron chi connectivity index (χ1n) is 9.58. The Morgan fingerprint density at radius 3 is 2.69 bits per heavy atom. The van der Waals surface area contributed by atoms with E-state index in [1.54, 1.807) is 6.07 Å². The molecule has 2 aromatic carbocycles. The van der Waals surface area contributed by atoms with Crippen LogP contribution in [-0.4, -0.2) is 17.6 Å². The van der Waals surface area contributed by atoms with E-state index in [1.165, 1.54) is 0 Å². The molecule has 0 saturated heterocycles. The summed E-state index contributed by atoms with van der Waals surface area (Å²) in [5.74, 6) is 1.61. The topological polar surface area (TPSA) is 72.2 Å². The Hall–Kier alpha value is -3.65. The minimum Gasteiger partial charge on any atom is -0.454 e. The van der Waals surface area contributed by atoms with Crippen LogP contribution in [0.25, 0.3) is 11.3 Å². The molecule has 29 heavy (non-hydrogen) atoms. The van der Waals surface area contributed by atoms with E-state index in [-0.39, 0.29) is 19.0 Å². The first kappa shape index (κ1) is 17.4. The summed E-state index contributed by atoms with van der Waals surface area (Å²) < 4.78 is 10.9. The van der Waals surface area contributed by atoms with Crippen molar-refractivity contribution in [3.8, 4) is 28.8 Å². The summed E-state index contributed by atoms with van der Waals surface area (Å²) in [6.07, 6.45) is 1.96. The number of benzene rings is 2. The Balaban J connectivity index is 1.39. The lowest BCUT2D eigenvalue weighted by atomic mass is 9.88. The summed E-state index contributed by atoms with van der Waals surface area (Å²) in [5.41, 5.74) is 3.51. The zero-order chi connectivity index (χ0) is 19.8. The summed E-state index contributed by atoms with van der Waals surface area (Å²) in [6, 6.07) is 20.9. The highest BCUT2D eigenvalue weighted by Crippen LogP contribution is 2.51. The molecule has 0 amide bonds. The number of ether oxygens (including phenoxy) is 2. The number of nitrogens with zero attached hydrogens (tertiary/aromatic N) is 2. The fourth-order valence-corrected chi connectivity index (χ4v) is 3.87. The number of carbonyl (C=O) groups is 1. The van der Waals surface area contributed by atoms with E-state index in [0.29, 0.717) is 11.3 Å². The van der Waals surface area contributed by atoms with Crippen LogP contribution in [0.2, 0.25) is 0 Å². The number of aromatic nitrogens is 1. The zero-order valence-corrected chi connectivity index (χ0v) is 15.7. The molecular formula is C24H18N2O3. The van der Waals surface area contributed by atoms with Gasteiger partial charge in [0.1, 0.15) is 5.78 Å². The van der Waals surface area contributed by atoms with Crippen LogP contribution in [-0.2, 0) is 16.6 Å². The van der Waals surface area contributed by atoms with Crippen LogP contribution in [0.3, 0.4) is 0 Å². The van der Waals surface area contributed by atoms with Gasteiger partial charge in [-0.1, -0.05) is 24.3 Å². The second-order valence-corrected chi connectivity index (χ2v) is 7.46. The van der Waals surface area contributed by atoms with Crippen LogP contribution in [0.15, 0.2) is 60.7 Å². The lowest BCUT2D eigenvalue weighted by Gasteiger charge is -2.15. The van der Waals surface area contributed by atoms with Crippen molar-refractivity contribution < 1.29 is 14.3 Å². The molecule has 0 unspecified atom stereocenters. The number of carbonyl (C=O) groups excluding carboxylic acids is 1. The number of ketones is 1. The molecule has 142 valence electrons. The predicted molar refractivity (Wildman–Crippen MR) is 107 cm³/mol. The molecule has 5 nitrogen and oxygen atoms in total. The molecule has 1 saturated carbocycles. The van der Waals surface area contributed by atoms with Crippen molar-refractivity contribution in [2.45, 2.75) is 24.7 Å². The maximum Gasteiger partial charge on any atom is 0.231 e. The maximum absolute atomic E-state index is 13.2. The van der Waals surface area contributed by atoms with E-state index in [2.05, 4.69) is 11.1 Å². The van der Waals surface area contributed by atoms with Gasteiger partial charge in [-0.25, -0.2) is 0 Å². The third kappa shape index (κ3) is 3.13. The summed E-state index contributed by atoms with van der Waals surface area (Å²) in [5, 5.41) is 9.11. The second kappa shape index (κ2) is 6.75. The molecule has 5 rings (SSSR count). The molecule has 0 atom stereocenters. The van der Waals surface area contributed by atoms with Crippen LogP contribution in [0.5, 0.6) is 11.5 Å². The number of Topliss-reactive ketones (excluding diaryl/α,β-unsaturated/α-hetero) is 1. The van der Waals surface area contributed by atoms with Crippen LogP contribution >= 0.6 is 0 Å². The molecule has 0 radical (unpaired) electrons. The highest BCUT2D eigenvalue weighted by Gasteiger charge is 2.50. The summed E-state index contributed by atoms with van der Waals surface area (Å²) >= 11 is 0. The molecule has 3 aromatic rings. The standard InChI is InChI=1S/C24H18N2O3/c25-14-16-3-1-4-17(11-16)20-6-2-5-19(26-20)13-23(27)24(9-10-24)18-7-8-21-22(12-18)29-15-28-21/h1-8,11-12H,9-10,13,15H2. The van der Waals surface area contributed by atoms with Gasteiger partial charge < -0.3 is 9.47 Å². The number of hydrogen-bond donors (Lipinski definition) is 0. The lowest BCUT2D eigenvalue weighted by molar-refractivity contribution is -0.120. The maximum atomic E-state index is 13.2. The highest BCUT2D eigenvalue weighted by atomic mass is 16.7. The minimum atomic E-state index is -0.445. The van der Waals surface area contributed by atoms with Gasteiger partial charge in [-0.2, -0.15) is 5.26 Å². The molecule has 5 heteroatoms. The van der Waals surface area contributed by atoms with Gasteiger partial charge in [-0.3, -0.25) is 9.78 Å². The summed E-state index contributed by atoms with van der Waals surface area (Å²) in [4.78, 5) is 17.9. The van der Waals surface area contributed by atoms with Crippen molar-refractivity contribution >= 4 is 5.78 Å². The summed E-state index contributed by atoms with van der Waals surface area (Å²) in [7, 11) is 0. The van der Waals surface area contributed by atoms with Crippen LogP contribution < -0.4 is 9.47 Å². The number of hydrogen-bond acceptors (Lipinski definition) is 5. The SMILES string of the molecule is N#Cc1cccc(-c2cccc(CC(=O)C3(c4ccc5c(c4)OCO5)CC3)n2)c1. The minimum absolute atomic E-state index is 0.173. The van der Waals surface area contributed by atoms with Crippen LogP contribution in [0.4, 0.5) is 0 Å². The monoisotopic (exact) mass is 382 g/mol. The fraction of sp³-hybridized carbons (Fsp3) is 0.208. The molecule has 1 aliphatic heterocycles. The van der Waals surface area contributed by atoms with Crippen molar-refractivity contribution in [1.29, 1.82) is 5.26 Å². The molecule has 2 heterocycles. The van der Waals surface area contributed by atoms with Gasteiger partial charge in [0, 0.05) is 17.7 Å². The number of pyridine rings is 1. The smallest absolute Gasteiger partial charge is 0.231 e. The van der Waals surface area contributed by atoms with E-state index in [4.69, 9.17) is 14.7 Å². The van der Waals surface area contributed by atoms with Gasteiger partial charge in [0.05, 0.1) is 22.7 Å². The van der Waals surface area contributed by atoms with E-state index >= 15 is 0 Å². The normalized spacial score (nSPS) is 15.6. The Morgan fingerprint density at radius 1 is 1.03 bits per heavy atom. The van der Waals surface area contributed by atoms with E-state index in [9.17, 15) is 4.79 Å². The Kier molecular flexibility index (Phi) is 4.06. The average molecular weight is 382 g/mol. The van der Waals surface area contributed by atoms with Crippen molar-refractivity contribution in [2.75, 3.05) is 6.79 Å². The van der Waals surface area contributed by atoms with E-state index in [0.717, 1.165) is 41.1 Å². The number of rotatable bonds is 5. The van der Waals surface area contributed by atoms with Crippen molar-refractivity contribution in [3.05, 3.63) is 77.5 Å². The van der Waals surface area contributed by atoms with Gasteiger partial charge in [-0.05, 0) is 54.8 Å². The Bertz CT molecular complexity index is 1160. The lowest BCUT2D eigenvalue weighted by Crippen LogP contribution is -2.23. The Labute approximate surface area is 168 Å². The third-order valence-electron chi connectivity index (χ3n) is 5.64. The zero-order valence-electron chi connectivity index (χ0n) is 15.7. The molecule has 0 bridgehead atoms. The quantitative estimate of drug-likeness (QED) is 0.661. The molecule has 0 spiro atoms. The van der Waals surface area contributed by atoms with Gasteiger partial charge in [0.15, 0.2) is 11.5 Å². The first-order chi connectivity index (χ1) is 14.2. The van der Waals surface area contributed by atoms with Crippen LogP contribution in [0, 0.1) is 11.3 Å². The molecule has 1 aromatic heterocycles. The Morgan fingerprint density at radius 2 is 1.86 bits per heavy atom. The number of nitriles is 1. The van der Waals surface area contributed by atoms with Crippen molar-refractivity contribution in [2.24, 2.45) is 0 Å². The predicted octanol–water partition coefficient (Wildman–Crippen LogP) is 4.19. The third-order valence-corrected chi connectivity index (χ3v) is 5.64. The van der Waals surface area contributed by atoms with E-state index in [1.807, 2.05) is 54.6 Å². The number of fused-ring (bicyclic) bond motifs is 1. The molecule has 1 fully saturated rings. The highest BCUT2D eigenvalue weighted by molar-refractivity contribution is 5.94. The fourth-order valence-electron chi connectivity index (χ4n) is 3.87. The summed E-state index contributed by atoms with van der Waals surface area (Å²) in [6.45, 7) is 0.226. The van der Waals surface area contributed by atoms with Gasteiger partial charge in [-0.15, -0.1) is 0 Å².